The van der Waals surface area contributed by atoms with Crippen LogP contribution < -0.4 is 11.1 Å². The average Bonchev–Trinajstić information content (AvgIpc) is 2.69. The molecule has 6 heteroatoms. The van der Waals surface area contributed by atoms with Crippen LogP contribution in [0.1, 0.15) is 12.5 Å². The van der Waals surface area contributed by atoms with Crippen molar-refractivity contribution >= 4 is 28.4 Å². The second kappa shape index (κ2) is 10.1. The highest BCUT2D eigenvalue weighted by atomic mass is 16.4. The molecular weight excluding hydrogens is 356 g/mol. The molecule has 2 atom stereocenters. The predicted octanol–water partition coefficient (Wildman–Crippen LogP) is 3.37. The zero-order chi connectivity index (χ0) is 20.5. The van der Waals surface area contributed by atoms with Crippen molar-refractivity contribution in [2.24, 2.45) is 5.73 Å². The maximum absolute atomic E-state index is 10.8. The Balaban J connectivity index is 0.000000209. The van der Waals surface area contributed by atoms with Gasteiger partial charge in [-0.2, -0.15) is 0 Å². The molecule has 0 radical (unpaired) electrons. The number of carboxylic acids is 2. The van der Waals surface area contributed by atoms with Gasteiger partial charge in [0.25, 0.3) is 0 Å². The average molecular weight is 380 g/mol. The molecule has 3 aromatic rings. The van der Waals surface area contributed by atoms with Crippen molar-refractivity contribution in [2.45, 2.75) is 25.4 Å². The van der Waals surface area contributed by atoms with E-state index in [9.17, 15) is 9.59 Å². The third-order valence-electron chi connectivity index (χ3n) is 4.15. The first-order valence-corrected chi connectivity index (χ1v) is 8.88. The number of hydrogen-bond acceptors (Lipinski definition) is 4. The first kappa shape index (κ1) is 20.9. The van der Waals surface area contributed by atoms with E-state index in [0.717, 1.165) is 22.0 Å². The Kier molecular flexibility index (Phi) is 7.54. The van der Waals surface area contributed by atoms with Gasteiger partial charge in [0.05, 0.1) is 0 Å². The van der Waals surface area contributed by atoms with E-state index < -0.39 is 24.0 Å². The summed E-state index contributed by atoms with van der Waals surface area (Å²) in [6.45, 7) is 1.63. The van der Waals surface area contributed by atoms with Gasteiger partial charge in [0.2, 0.25) is 0 Å². The van der Waals surface area contributed by atoms with Crippen LogP contribution in [0, 0.1) is 0 Å². The summed E-state index contributed by atoms with van der Waals surface area (Å²) in [7, 11) is 0. The Labute approximate surface area is 163 Å². The molecule has 0 saturated carbocycles. The smallest absolute Gasteiger partial charge is 0.325 e. The summed E-state index contributed by atoms with van der Waals surface area (Å²) in [5.74, 6) is -1.81. The molecule has 146 valence electrons. The van der Waals surface area contributed by atoms with E-state index in [1.807, 2.05) is 72.8 Å². The molecule has 0 amide bonds. The fourth-order valence-electron chi connectivity index (χ4n) is 2.60. The number of rotatable bonds is 6. The van der Waals surface area contributed by atoms with E-state index in [-0.39, 0.29) is 0 Å². The molecule has 0 aliphatic rings. The first-order chi connectivity index (χ1) is 13.4. The van der Waals surface area contributed by atoms with Crippen LogP contribution in [0.5, 0.6) is 0 Å². The Hall–Kier alpha value is -3.38. The molecule has 28 heavy (non-hydrogen) atoms. The van der Waals surface area contributed by atoms with Gasteiger partial charge in [-0.25, -0.2) is 0 Å². The Morgan fingerprint density at radius 1 is 0.893 bits per heavy atom. The van der Waals surface area contributed by atoms with Gasteiger partial charge in [0, 0.05) is 11.1 Å². The standard InChI is InChI=1S/C13H13NO2.C9H11NO2/c1-9(13(15)16)14-12-8-4-6-10-5-2-3-7-11(10)12;10-8(9(11)12)6-7-4-2-1-3-5-7/h2-9,14H,1H3,(H,15,16);1-5,8H,6,10H2,(H,11,12). The number of anilines is 1. The van der Waals surface area contributed by atoms with Gasteiger partial charge in [-0.15, -0.1) is 0 Å². The van der Waals surface area contributed by atoms with Gasteiger partial charge in [0.1, 0.15) is 12.1 Å². The lowest BCUT2D eigenvalue weighted by molar-refractivity contribution is -0.139. The monoisotopic (exact) mass is 380 g/mol. The number of nitrogens with one attached hydrogen (secondary N) is 1. The van der Waals surface area contributed by atoms with Crippen LogP contribution in [0.3, 0.4) is 0 Å². The highest BCUT2D eigenvalue weighted by molar-refractivity contribution is 5.95. The van der Waals surface area contributed by atoms with Crippen molar-refractivity contribution in [1.29, 1.82) is 0 Å². The normalized spacial score (nSPS) is 12.4. The molecule has 0 fully saturated rings. The molecule has 0 bridgehead atoms. The summed E-state index contributed by atoms with van der Waals surface area (Å²) in [6.07, 6.45) is 0.385. The molecule has 6 nitrogen and oxygen atoms in total. The fraction of sp³-hybridized carbons (Fsp3) is 0.182. The molecular formula is C22H24N2O4. The molecule has 0 aromatic heterocycles. The van der Waals surface area contributed by atoms with E-state index >= 15 is 0 Å². The number of carboxylic acid groups (broad SMARTS) is 2. The van der Waals surface area contributed by atoms with Crippen molar-refractivity contribution in [1.82, 2.24) is 0 Å². The van der Waals surface area contributed by atoms with Crippen LogP contribution in [0.2, 0.25) is 0 Å². The zero-order valence-electron chi connectivity index (χ0n) is 15.6. The minimum atomic E-state index is -0.959. The van der Waals surface area contributed by atoms with Crippen LogP contribution in [0.15, 0.2) is 72.8 Å². The van der Waals surface area contributed by atoms with Crippen LogP contribution in [-0.4, -0.2) is 34.2 Å². The summed E-state index contributed by atoms with van der Waals surface area (Å²) in [6, 6.07) is 21.7. The van der Waals surface area contributed by atoms with Crippen LogP contribution in [0.25, 0.3) is 10.8 Å². The SMILES string of the molecule is CC(Nc1cccc2ccccc12)C(=O)O.NC(Cc1ccccc1)C(=O)O. The van der Waals surface area contributed by atoms with Crippen LogP contribution >= 0.6 is 0 Å². The van der Waals surface area contributed by atoms with E-state index in [1.165, 1.54) is 0 Å². The molecule has 0 aliphatic carbocycles. The second-order valence-corrected chi connectivity index (χ2v) is 6.37. The quantitative estimate of drug-likeness (QED) is 0.522. The summed E-state index contributed by atoms with van der Waals surface area (Å²) in [4.78, 5) is 21.2. The van der Waals surface area contributed by atoms with Crippen molar-refractivity contribution < 1.29 is 19.8 Å². The lowest BCUT2D eigenvalue weighted by Gasteiger charge is -2.12. The maximum atomic E-state index is 10.8. The molecule has 0 saturated heterocycles. The lowest BCUT2D eigenvalue weighted by Crippen LogP contribution is -2.32. The van der Waals surface area contributed by atoms with Gasteiger partial charge in [-0.3, -0.25) is 9.59 Å². The number of aliphatic carboxylic acids is 2. The third kappa shape index (κ3) is 6.10. The molecule has 3 aromatic carbocycles. The van der Waals surface area contributed by atoms with E-state index in [2.05, 4.69) is 5.32 Å². The Morgan fingerprint density at radius 2 is 1.50 bits per heavy atom. The highest BCUT2D eigenvalue weighted by Gasteiger charge is 2.11. The largest absolute Gasteiger partial charge is 0.480 e. The van der Waals surface area contributed by atoms with Crippen molar-refractivity contribution in [3.05, 3.63) is 78.4 Å². The molecule has 3 rings (SSSR count). The number of nitrogens with two attached hydrogens (primary N) is 1. The Morgan fingerprint density at radius 3 is 2.14 bits per heavy atom. The minimum absolute atomic E-state index is 0.385. The Bertz CT molecular complexity index is 923. The van der Waals surface area contributed by atoms with Gasteiger partial charge < -0.3 is 21.3 Å². The summed E-state index contributed by atoms with van der Waals surface area (Å²) in [5.41, 5.74) is 7.15. The number of benzene rings is 3. The maximum Gasteiger partial charge on any atom is 0.325 e. The molecule has 2 unspecified atom stereocenters. The minimum Gasteiger partial charge on any atom is -0.480 e. The summed E-state index contributed by atoms with van der Waals surface area (Å²) >= 11 is 0. The summed E-state index contributed by atoms with van der Waals surface area (Å²) in [5, 5.41) is 22.5. The van der Waals surface area contributed by atoms with Crippen LogP contribution in [0.4, 0.5) is 5.69 Å². The summed E-state index contributed by atoms with van der Waals surface area (Å²) < 4.78 is 0. The van der Waals surface area contributed by atoms with Gasteiger partial charge >= 0.3 is 11.9 Å². The fourth-order valence-corrected chi connectivity index (χ4v) is 2.60. The first-order valence-electron chi connectivity index (χ1n) is 8.88. The predicted molar refractivity (Wildman–Crippen MR) is 110 cm³/mol. The topological polar surface area (TPSA) is 113 Å². The van der Waals surface area contributed by atoms with Crippen LogP contribution in [-0.2, 0) is 16.0 Å². The highest BCUT2D eigenvalue weighted by Crippen LogP contribution is 2.23. The molecule has 0 aliphatic heterocycles. The molecule has 0 heterocycles. The van der Waals surface area contributed by atoms with E-state index in [1.54, 1.807) is 6.92 Å². The number of hydrogen-bond donors (Lipinski definition) is 4. The van der Waals surface area contributed by atoms with Gasteiger partial charge in [-0.1, -0.05) is 66.7 Å². The molecule has 5 N–H and O–H groups in total. The van der Waals surface area contributed by atoms with E-state index in [4.69, 9.17) is 15.9 Å². The lowest BCUT2D eigenvalue weighted by atomic mass is 10.1. The second-order valence-electron chi connectivity index (χ2n) is 6.37. The van der Waals surface area contributed by atoms with Gasteiger partial charge in [0.15, 0.2) is 0 Å². The van der Waals surface area contributed by atoms with Crippen molar-refractivity contribution in [2.75, 3.05) is 5.32 Å². The van der Waals surface area contributed by atoms with E-state index in [0.29, 0.717) is 6.42 Å². The number of fused-ring (bicyclic) bond motifs is 1. The number of carbonyl (C=O) groups is 2. The zero-order valence-corrected chi connectivity index (χ0v) is 15.6. The van der Waals surface area contributed by atoms with Crippen molar-refractivity contribution in [3.63, 3.8) is 0 Å². The van der Waals surface area contributed by atoms with Crippen molar-refractivity contribution in [3.8, 4) is 0 Å². The van der Waals surface area contributed by atoms with Gasteiger partial charge in [-0.05, 0) is 30.4 Å². The molecule has 0 spiro atoms. The third-order valence-corrected chi connectivity index (χ3v) is 4.15.